The molecule has 7 heteroatoms. The Kier molecular flexibility index (Phi) is 3.79. The van der Waals surface area contributed by atoms with Gasteiger partial charge < -0.3 is 10.4 Å². The maximum atomic E-state index is 11.9. The van der Waals surface area contributed by atoms with Crippen LogP contribution >= 0.6 is 0 Å². The fourth-order valence-electron chi connectivity index (χ4n) is 1.84. The Hall–Kier alpha value is -2.70. The van der Waals surface area contributed by atoms with Crippen LogP contribution in [0, 0.1) is 13.8 Å². The Morgan fingerprint density at radius 1 is 1.40 bits per heavy atom. The molecule has 20 heavy (non-hydrogen) atoms. The molecular formula is C13H14N4O3. The molecule has 2 aromatic heterocycles. The molecule has 0 aliphatic carbocycles. The summed E-state index contributed by atoms with van der Waals surface area (Å²) < 4.78 is 1.56. The van der Waals surface area contributed by atoms with Gasteiger partial charge in [0.15, 0.2) is 0 Å². The molecular weight excluding hydrogens is 260 g/mol. The minimum Gasteiger partial charge on any atom is -0.478 e. The molecule has 0 unspecified atom stereocenters. The number of carboxylic acid groups (broad SMARTS) is 1. The molecule has 2 aromatic rings. The van der Waals surface area contributed by atoms with Gasteiger partial charge in [-0.05, 0) is 26.0 Å². The van der Waals surface area contributed by atoms with Crippen LogP contribution in [0.15, 0.2) is 24.5 Å². The van der Waals surface area contributed by atoms with Gasteiger partial charge >= 0.3 is 5.97 Å². The van der Waals surface area contributed by atoms with Crippen molar-refractivity contribution in [3.05, 3.63) is 41.5 Å². The topological polar surface area (TPSA) is 97.1 Å². The minimum absolute atomic E-state index is 0.00159. The summed E-state index contributed by atoms with van der Waals surface area (Å²) in [5, 5.41) is 15.7. The van der Waals surface area contributed by atoms with Crippen molar-refractivity contribution in [2.75, 3.05) is 5.32 Å². The van der Waals surface area contributed by atoms with Crippen molar-refractivity contribution >= 4 is 17.6 Å². The van der Waals surface area contributed by atoms with E-state index in [2.05, 4.69) is 15.4 Å². The van der Waals surface area contributed by atoms with Crippen LogP contribution in [0.1, 0.15) is 21.7 Å². The van der Waals surface area contributed by atoms with E-state index < -0.39 is 5.97 Å². The zero-order valence-corrected chi connectivity index (χ0v) is 11.1. The van der Waals surface area contributed by atoms with E-state index in [0.29, 0.717) is 0 Å². The monoisotopic (exact) mass is 274 g/mol. The maximum Gasteiger partial charge on any atom is 0.337 e. The number of aryl methyl sites for hydroxylation is 2. The highest BCUT2D eigenvalue weighted by Gasteiger charge is 2.13. The lowest BCUT2D eigenvalue weighted by molar-refractivity contribution is -0.116. The molecule has 2 N–H and O–H groups in total. The summed E-state index contributed by atoms with van der Waals surface area (Å²) in [5.74, 6) is -1.47. The molecule has 0 fully saturated rings. The first-order valence-electron chi connectivity index (χ1n) is 5.95. The number of carbonyl (C=O) groups excluding carboxylic acids is 1. The summed E-state index contributed by atoms with van der Waals surface area (Å²) in [4.78, 5) is 26.8. The second-order valence-corrected chi connectivity index (χ2v) is 4.36. The van der Waals surface area contributed by atoms with Gasteiger partial charge in [0, 0.05) is 11.9 Å². The molecule has 7 nitrogen and oxygen atoms in total. The van der Waals surface area contributed by atoms with Crippen molar-refractivity contribution in [2.45, 2.75) is 20.4 Å². The minimum atomic E-state index is -1.12. The van der Waals surface area contributed by atoms with E-state index in [4.69, 9.17) is 5.11 Å². The molecule has 2 heterocycles. The maximum absolute atomic E-state index is 11.9. The van der Waals surface area contributed by atoms with Crippen molar-refractivity contribution in [3.63, 3.8) is 0 Å². The van der Waals surface area contributed by atoms with E-state index in [0.717, 1.165) is 11.4 Å². The van der Waals surface area contributed by atoms with Gasteiger partial charge in [-0.1, -0.05) is 0 Å². The number of nitrogens with zero attached hydrogens (tertiary/aromatic N) is 3. The summed E-state index contributed by atoms with van der Waals surface area (Å²) in [6.07, 6.45) is 2.67. The van der Waals surface area contributed by atoms with Crippen molar-refractivity contribution in [2.24, 2.45) is 0 Å². The number of carboxylic acids is 1. The van der Waals surface area contributed by atoms with Crippen LogP contribution in [0.4, 0.5) is 5.69 Å². The smallest absolute Gasteiger partial charge is 0.337 e. The van der Waals surface area contributed by atoms with Gasteiger partial charge in [0.1, 0.15) is 6.54 Å². The second kappa shape index (κ2) is 5.52. The normalized spacial score (nSPS) is 10.3. The Labute approximate surface area is 115 Å². The summed E-state index contributed by atoms with van der Waals surface area (Å²) in [7, 11) is 0. The summed E-state index contributed by atoms with van der Waals surface area (Å²) >= 11 is 0. The lowest BCUT2D eigenvalue weighted by atomic mass is 10.2. The number of aromatic nitrogens is 3. The number of anilines is 1. The zero-order valence-electron chi connectivity index (χ0n) is 11.1. The predicted octanol–water partition coefficient (Wildman–Crippen LogP) is 1.23. The average molecular weight is 274 g/mol. The van der Waals surface area contributed by atoms with Crippen LogP contribution in [0.5, 0.6) is 0 Å². The Bertz CT molecular complexity index is 663. The molecule has 0 bridgehead atoms. The molecule has 2 rings (SSSR count). The molecule has 0 spiro atoms. The van der Waals surface area contributed by atoms with Crippen LogP contribution in [-0.2, 0) is 11.3 Å². The highest BCUT2D eigenvalue weighted by atomic mass is 16.4. The standard InChI is InChI=1S/C13H14N4O3/c1-8-5-9(2)17(16-8)7-12(18)15-11-6-14-4-3-10(11)13(19)20/h3-6H,7H2,1-2H3,(H,15,18)(H,19,20). The molecule has 104 valence electrons. The van der Waals surface area contributed by atoms with E-state index >= 15 is 0 Å². The first-order valence-corrected chi connectivity index (χ1v) is 5.95. The third-order valence-electron chi connectivity index (χ3n) is 2.72. The zero-order chi connectivity index (χ0) is 14.7. The summed E-state index contributed by atoms with van der Waals surface area (Å²) in [6, 6.07) is 3.20. The highest BCUT2D eigenvalue weighted by Crippen LogP contribution is 2.13. The summed E-state index contributed by atoms with van der Waals surface area (Å²) in [5.41, 5.74) is 1.86. The number of hydrogen-bond acceptors (Lipinski definition) is 4. The van der Waals surface area contributed by atoms with Gasteiger partial charge in [-0.2, -0.15) is 5.10 Å². The third-order valence-corrected chi connectivity index (χ3v) is 2.72. The number of pyridine rings is 1. The molecule has 0 saturated carbocycles. The number of nitrogens with one attached hydrogen (secondary N) is 1. The Balaban J connectivity index is 2.13. The van der Waals surface area contributed by atoms with Gasteiger partial charge in [-0.3, -0.25) is 14.5 Å². The summed E-state index contributed by atoms with van der Waals surface area (Å²) in [6.45, 7) is 3.71. The van der Waals surface area contributed by atoms with Crippen LogP contribution in [-0.4, -0.2) is 31.7 Å². The molecule has 0 radical (unpaired) electrons. The van der Waals surface area contributed by atoms with Crippen LogP contribution in [0.2, 0.25) is 0 Å². The van der Waals surface area contributed by atoms with E-state index in [1.807, 2.05) is 19.9 Å². The van der Waals surface area contributed by atoms with Crippen molar-refractivity contribution < 1.29 is 14.7 Å². The van der Waals surface area contributed by atoms with Gasteiger partial charge in [0.25, 0.3) is 0 Å². The Morgan fingerprint density at radius 3 is 2.75 bits per heavy atom. The van der Waals surface area contributed by atoms with E-state index in [9.17, 15) is 9.59 Å². The van der Waals surface area contributed by atoms with Crippen LogP contribution in [0.3, 0.4) is 0 Å². The van der Waals surface area contributed by atoms with E-state index in [1.54, 1.807) is 4.68 Å². The molecule has 0 aliphatic heterocycles. The lowest BCUT2D eigenvalue weighted by Crippen LogP contribution is -2.21. The van der Waals surface area contributed by atoms with Gasteiger partial charge in [-0.25, -0.2) is 4.79 Å². The largest absolute Gasteiger partial charge is 0.478 e. The van der Waals surface area contributed by atoms with Gasteiger partial charge in [0.05, 0.1) is 23.1 Å². The fourth-order valence-corrected chi connectivity index (χ4v) is 1.84. The van der Waals surface area contributed by atoms with E-state index in [1.165, 1.54) is 18.5 Å². The fraction of sp³-hybridized carbons (Fsp3) is 0.231. The van der Waals surface area contributed by atoms with Crippen LogP contribution in [0.25, 0.3) is 0 Å². The Morgan fingerprint density at radius 2 is 2.15 bits per heavy atom. The molecule has 0 aromatic carbocycles. The molecule has 0 saturated heterocycles. The third kappa shape index (κ3) is 3.00. The van der Waals surface area contributed by atoms with Crippen LogP contribution < -0.4 is 5.32 Å². The van der Waals surface area contributed by atoms with E-state index in [-0.39, 0.29) is 23.7 Å². The lowest BCUT2D eigenvalue weighted by Gasteiger charge is -2.08. The molecule has 1 amide bonds. The SMILES string of the molecule is Cc1cc(C)n(CC(=O)Nc2cnccc2C(=O)O)n1. The second-order valence-electron chi connectivity index (χ2n) is 4.36. The average Bonchev–Trinajstić information content (AvgIpc) is 2.68. The number of carbonyl (C=O) groups is 2. The van der Waals surface area contributed by atoms with Crippen molar-refractivity contribution in [3.8, 4) is 0 Å². The van der Waals surface area contributed by atoms with Gasteiger partial charge in [0.2, 0.25) is 5.91 Å². The van der Waals surface area contributed by atoms with Crippen molar-refractivity contribution in [1.29, 1.82) is 0 Å². The number of aromatic carboxylic acids is 1. The highest BCUT2D eigenvalue weighted by molar-refractivity contribution is 6.00. The first kappa shape index (κ1) is 13.7. The van der Waals surface area contributed by atoms with Gasteiger partial charge in [-0.15, -0.1) is 0 Å². The number of hydrogen-bond donors (Lipinski definition) is 2. The predicted molar refractivity (Wildman–Crippen MR) is 71.5 cm³/mol. The number of amides is 1. The first-order chi connectivity index (χ1) is 9.47. The quantitative estimate of drug-likeness (QED) is 0.874. The van der Waals surface area contributed by atoms with Crippen molar-refractivity contribution in [1.82, 2.24) is 14.8 Å². The molecule has 0 aliphatic rings. The number of rotatable bonds is 4. The molecule has 0 atom stereocenters.